The number of phenols is 3. The van der Waals surface area contributed by atoms with Crippen molar-refractivity contribution in [1.29, 1.82) is 0 Å². The van der Waals surface area contributed by atoms with Crippen molar-refractivity contribution in [3.8, 4) is 17.2 Å². The molecular weight excluding hydrogens is 334 g/mol. The van der Waals surface area contributed by atoms with Crippen molar-refractivity contribution in [2.24, 2.45) is 0 Å². The summed E-state index contributed by atoms with van der Waals surface area (Å²) >= 11 is 0. The van der Waals surface area contributed by atoms with E-state index in [-0.39, 0.29) is 17.5 Å². The molecule has 26 heavy (non-hydrogen) atoms. The molecule has 146 valence electrons. The number of benzene rings is 1. The molecule has 0 unspecified atom stereocenters. The first-order chi connectivity index (χ1) is 12.4. The Morgan fingerprint density at radius 3 is 2.08 bits per heavy atom. The minimum absolute atomic E-state index is 0.176. The topological polar surface area (TPSA) is 107 Å². The Bertz CT molecular complexity index is 613. The van der Waals surface area contributed by atoms with Crippen LogP contribution in [0.1, 0.15) is 92.4 Å². The number of carbonyl (C=O) groups excluding carboxylic acids is 2. The number of phenolic OH excluding ortho intramolecular Hbond substituents is 3. The van der Waals surface area contributed by atoms with Gasteiger partial charge in [0, 0.05) is 19.0 Å². The maximum atomic E-state index is 12.4. The van der Waals surface area contributed by atoms with E-state index in [9.17, 15) is 24.9 Å². The Balaban J connectivity index is 2.82. The molecule has 0 radical (unpaired) electrons. The fraction of sp³-hybridized carbons (Fsp3) is 0.600. The largest absolute Gasteiger partial charge is 0.507 e. The van der Waals surface area contributed by atoms with Gasteiger partial charge in [0.05, 0.1) is 0 Å². The molecule has 6 heteroatoms. The van der Waals surface area contributed by atoms with Crippen LogP contribution in [0.5, 0.6) is 17.2 Å². The zero-order chi connectivity index (χ0) is 19.5. The summed E-state index contributed by atoms with van der Waals surface area (Å²) in [6.45, 7) is 4.51. The lowest BCUT2D eigenvalue weighted by molar-refractivity contribution is 0.0947. The highest BCUT2D eigenvalue weighted by atomic mass is 16.3. The Kier molecular flexibility index (Phi) is 9.55. The lowest BCUT2D eigenvalue weighted by Crippen LogP contribution is -2.25. The van der Waals surface area contributed by atoms with Gasteiger partial charge in [-0.25, -0.2) is 0 Å². The SMILES string of the molecule is CCCCCCCCC(=O)c1c(O)cc(O)c(C(=O)NCCCC)c1O. The van der Waals surface area contributed by atoms with Crippen LogP contribution in [-0.4, -0.2) is 33.6 Å². The van der Waals surface area contributed by atoms with Gasteiger partial charge in [-0.3, -0.25) is 9.59 Å². The van der Waals surface area contributed by atoms with E-state index in [1.165, 1.54) is 6.42 Å². The van der Waals surface area contributed by atoms with E-state index in [0.717, 1.165) is 44.6 Å². The van der Waals surface area contributed by atoms with E-state index in [2.05, 4.69) is 12.2 Å². The smallest absolute Gasteiger partial charge is 0.258 e. The number of carbonyl (C=O) groups is 2. The number of hydrogen-bond donors (Lipinski definition) is 4. The third-order valence-corrected chi connectivity index (χ3v) is 4.34. The van der Waals surface area contributed by atoms with Crippen LogP contribution in [0.4, 0.5) is 0 Å². The molecule has 0 saturated heterocycles. The highest BCUT2D eigenvalue weighted by Gasteiger charge is 2.26. The number of Topliss-reactive ketones (excluding diaryl/α,β-unsaturated/α-hetero) is 1. The second-order valence-corrected chi connectivity index (χ2v) is 6.56. The van der Waals surface area contributed by atoms with Crippen LogP contribution in [0.2, 0.25) is 0 Å². The van der Waals surface area contributed by atoms with Crippen LogP contribution in [0.3, 0.4) is 0 Å². The first-order valence-electron chi connectivity index (χ1n) is 9.53. The molecule has 0 aliphatic heterocycles. The number of rotatable bonds is 12. The van der Waals surface area contributed by atoms with Crippen LogP contribution in [0.25, 0.3) is 0 Å². The fourth-order valence-electron chi connectivity index (χ4n) is 2.80. The van der Waals surface area contributed by atoms with Gasteiger partial charge in [-0.1, -0.05) is 52.4 Å². The predicted octanol–water partition coefficient (Wildman–Crippen LogP) is 4.27. The van der Waals surface area contributed by atoms with Crippen molar-refractivity contribution in [2.45, 2.75) is 71.6 Å². The number of amides is 1. The summed E-state index contributed by atoms with van der Waals surface area (Å²) in [6.07, 6.45) is 7.86. The second-order valence-electron chi connectivity index (χ2n) is 6.56. The van der Waals surface area contributed by atoms with Gasteiger partial charge in [0.15, 0.2) is 5.78 Å². The molecule has 0 bridgehead atoms. The summed E-state index contributed by atoms with van der Waals surface area (Å²) in [7, 11) is 0. The zero-order valence-electron chi connectivity index (χ0n) is 15.8. The molecule has 0 aliphatic carbocycles. The molecule has 0 atom stereocenters. The van der Waals surface area contributed by atoms with Gasteiger partial charge in [-0.05, 0) is 12.8 Å². The van der Waals surface area contributed by atoms with Crippen molar-refractivity contribution in [2.75, 3.05) is 6.54 Å². The minimum Gasteiger partial charge on any atom is -0.507 e. The Hall–Kier alpha value is -2.24. The first-order valence-corrected chi connectivity index (χ1v) is 9.53. The molecule has 1 aromatic carbocycles. The average molecular weight is 365 g/mol. The van der Waals surface area contributed by atoms with Crippen LogP contribution < -0.4 is 5.32 Å². The Labute approximate surface area is 155 Å². The predicted molar refractivity (Wildman–Crippen MR) is 101 cm³/mol. The Morgan fingerprint density at radius 2 is 1.42 bits per heavy atom. The summed E-state index contributed by atoms with van der Waals surface area (Å²) in [5.41, 5.74) is -0.665. The van der Waals surface area contributed by atoms with Crippen LogP contribution in [0, 0.1) is 0 Å². The van der Waals surface area contributed by atoms with Gasteiger partial charge in [-0.2, -0.15) is 0 Å². The summed E-state index contributed by atoms with van der Waals surface area (Å²) in [5.74, 6) is -2.82. The lowest BCUT2D eigenvalue weighted by atomic mass is 9.98. The summed E-state index contributed by atoms with van der Waals surface area (Å²) < 4.78 is 0. The first kappa shape index (κ1) is 21.8. The van der Waals surface area contributed by atoms with Gasteiger partial charge in [0.2, 0.25) is 0 Å². The zero-order valence-corrected chi connectivity index (χ0v) is 15.8. The average Bonchev–Trinajstić information content (AvgIpc) is 2.57. The number of nitrogens with one attached hydrogen (secondary N) is 1. The molecule has 1 amide bonds. The fourth-order valence-corrected chi connectivity index (χ4v) is 2.80. The molecule has 1 rings (SSSR count). The van der Waals surface area contributed by atoms with Crippen LogP contribution in [0.15, 0.2) is 6.07 Å². The van der Waals surface area contributed by atoms with Gasteiger partial charge in [-0.15, -0.1) is 0 Å². The Morgan fingerprint density at radius 1 is 0.846 bits per heavy atom. The lowest BCUT2D eigenvalue weighted by Gasteiger charge is -2.13. The van der Waals surface area contributed by atoms with Crippen molar-refractivity contribution in [3.05, 3.63) is 17.2 Å². The molecule has 0 spiro atoms. The second kappa shape index (κ2) is 11.4. The highest BCUT2D eigenvalue weighted by Crippen LogP contribution is 2.38. The van der Waals surface area contributed by atoms with E-state index < -0.39 is 28.9 Å². The monoisotopic (exact) mass is 365 g/mol. The summed E-state index contributed by atoms with van der Waals surface area (Å²) in [5, 5.41) is 32.8. The van der Waals surface area contributed by atoms with Gasteiger partial charge < -0.3 is 20.6 Å². The van der Waals surface area contributed by atoms with Crippen LogP contribution in [-0.2, 0) is 0 Å². The number of aromatic hydroxyl groups is 3. The maximum absolute atomic E-state index is 12.4. The summed E-state index contributed by atoms with van der Waals surface area (Å²) in [6, 6.07) is 0.933. The van der Waals surface area contributed by atoms with Gasteiger partial charge in [0.25, 0.3) is 5.91 Å². The molecule has 0 aliphatic rings. The van der Waals surface area contributed by atoms with E-state index in [0.29, 0.717) is 13.0 Å². The van der Waals surface area contributed by atoms with Crippen molar-refractivity contribution in [1.82, 2.24) is 5.32 Å². The molecule has 1 aromatic rings. The van der Waals surface area contributed by atoms with E-state index in [4.69, 9.17) is 0 Å². The molecule has 0 heterocycles. The van der Waals surface area contributed by atoms with E-state index in [1.807, 2.05) is 6.92 Å². The quantitative estimate of drug-likeness (QED) is 0.327. The van der Waals surface area contributed by atoms with E-state index >= 15 is 0 Å². The highest BCUT2D eigenvalue weighted by molar-refractivity contribution is 6.08. The minimum atomic E-state index is -0.665. The van der Waals surface area contributed by atoms with Crippen molar-refractivity contribution >= 4 is 11.7 Å². The van der Waals surface area contributed by atoms with Crippen LogP contribution >= 0.6 is 0 Å². The standard InChI is InChI=1S/C20H31NO5/c1-3-5-7-8-9-10-11-14(22)17-15(23)13-16(24)18(19(17)25)20(26)21-12-6-4-2/h13,23-25H,3-12H2,1-2H3,(H,21,26). The molecule has 0 saturated carbocycles. The normalized spacial score (nSPS) is 10.7. The third-order valence-electron chi connectivity index (χ3n) is 4.34. The number of ketones is 1. The molecule has 6 nitrogen and oxygen atoms in total. The summed E-state index contributed by atoms with van der Waals surface area (Å²) in [4.78, 5) is 24.6. The number of unbranched alkanes of at least 4 members (excludes halogenated alkanes) is 6. The molecule has 0 aromatic heterocycles. The molecular formula is C20H31NO5. The number of hydrogen-bond acceptors (Lipinski definition) is 5. The molecule has 0 fully saturated rings. The molecule has 4 N–H and O–H groups in total. The third kappa shape index (κ3) is 6.24. The van der Waals surface area contributed by atoms with Crippen molar-refractivity contribution in [3.63, 3.8) is 0 Å². The van der Waals surface area contributed by atoms with E-state index in [1.54, 1.807) is 0 Å². The van der Waals surface area contributed by atoms with Crippen molar-refractivity contribution < 1.29 is 24.9 Å². The van der Waals surface area contributed by atoms with Gasteiger partial charge >= 0.3 is 0 Å². The van der Waals surface area contributed by atoms with Gasteiger partial charge in [0.1, 0.15) is 28.4 Å². The maximum Gasteiger partial charge on any atom is 0.258 e.